The standard InChI is InChI=1S/C56H106N22O12/c1-2-3-4-5-6-7-8-11-26-67-44(80)34-43-52(88)76-41(22-15-30-71-56(65)66)49(85)74-39(20-13-28-69-54(61)62)47(83)73-38(19-12-27-68-53(59)60)48(84)75-40(21-14-29-70-55(63)64)50(86)77-42(51(87)78-43)24-23-36(79)17-16-31-89-32-33-90-35-45(81)72-37(46(58)82)18-9-10-25-57/h37-43H,2-35,57H2,1H3,(H2,58,82)(H,67,80)(H,72,81)(H,73,83)(H,74,85)(H,75,84)(H,76,88)(H,77,86)(H,78,87)(H4,59,60,68)(H4,61,62,69)(H4,63,64,70)(H4,65,66,71)/t37?,38-,39-,40-,41-,42-,43-/m0/s1. The van der Waals surface area contributed by atoms with Crippen molar-refractivity contribution >= 4 is 82.8 Å². The Balaban J connectivity index is 3.79. The zero-order chi connectivity index (χ0) is 67.1. The van der Waals surface area contributed by atoms with Gasteiger partial charge in [0.1, 0.15) is 54.7 Å². The maximum atomic E-state index is 14.7. The van der Waals surface area contributed by atoms with Crippen molar-refractivity contribution < 1.29 is 57.4 Å². The number of amides is 9. The number of aliphatic imine (C=N–C) groups is 4. The molecule has 1 saturated heterocycles. The van der Waals surface area contributed by atoms with Crippen LogP contribution in [0.5, 0.6) is 0 Å². The Labute approximate surface area is 527 Å². The first kappa shape index (κ1) is 79.9. The van der Waals surface area contributed by atoms with E-state index < -0.39 is 102 Å². The summed E-state index contributed by atoms with van der Waals surface area (Å²) in [5, 5.41) is 21.2. The van der Waals surface area contributed by atoms with Crippen LogP contribution in [-0.4, -0.2) is 191 Å². The maximum absolute atomic E-state index is 14.7. The van der Waals surface area contributed by atoms with E-state index in [0.29, 0.717) is 32.2 Å². The van der Waals surface area contributed by atoms with E-state index in [-0.39, 0.29) is 166 Å². The van der Waals surface area contributed by atoms with Gasteiger partial charge in [0.05, 0.1) is 19.6 Å². The molecule has 1 aliphatic rings. The quantitative estimate of drug-likeness (QED) is 0.0154. The molecule has 7 atom stereocenters. The van der Waals surface area contributed by atoms with E-state index in [1.807, 2.05) is 0 Å². The van der Waals surface area contributed by atoms with Crippen molar-refractivity contribution in [2.45, 2.75) is 203 Å². The molecule has 1 aliphatic heterocycles. The fourth-order valence-electron chi connectivity index (χ4n) is 9.15. The van der Waals surface area contributed by atoms with Crippen LogP contribution in [0.15, 0.2) is 20.0 Å². The second-order valence-electron chi connectivity index (χ2n) is 21.8. The summed E-state index contributed by atoms with van der Waals surface area (Å²) in [6.45, 7) is 2.65. The summed E-state index contributed by atoms with van der Waals surface area (Å²) in [6, 6.07) is -9.92. The largest absolute Gasteiger partial charge is 0.379 e. The fraction of sp³-hybridized carbons (Fsp3) is 0.750. The smallest absolute Gasteiger partial charge is 0.246 e. The number of Topliss-reactive ketones (excluding diaryl/α,β-unsaturated/α-hetero) is 1. The molecule has 34 nitrogen and oxygen atoms in total. The van der Waals surface area contributed by atoms with Crippen LogP contribution in [0.3, 0.4) is 0 Å². The molecule has 0 aromatic rings. The minimum absolute atomic E-state index is 0.0000959. The Morgan fingerprint density at radius 2 is 0.833 bits per heavy atom. The molecule has 512 valence electrons. The van der Waals surface area contributed by atoms with Crippen LogP contribution < -0.4 is 99.9 Å². The van der Waals surface area contributed by atoms with E-state index in [4.69, 9.17) is 66.8 Å². The molecule has 0 aromatic carbocycles. The van der Waals surface area contributed by atoms with Gasteiger partial charge in [-0.25, -0.2) is 0 Å². The molecule has 0 aliphatic carbocycles. The van der Waals surface area contributed by atoms with Crippen LogP contribution in [0.2, 0.25) is 0 Å². The maximum Gasteiger partial charge on any atom is 0.246 e. The Hall–Kier alpha value is -8.14. The van der Waals surface area contributed by atoms with Gasteiger partial charge < -0.3 is 109 Å². The number of rotatable bonds is 45. The van der Waals surface area contributed by atoms with Crippen molar-refractivity contribution in [2.24, 2.45) is 77.3 Å². The molecule has 90 heavy (non-hydrogen) atoms. The van der Waals surface area contributed by atoms with Crippen LogP contribution >= 0.6 is 0 Å². The average molecular weight is 1280 g/mol. The number of ketones is 1. The van der Waals surface area contributed by atoms with Crippen LogP contribution in [0.4, 0.5) is 0 Å². The minimum atomic E-state index is -1.71. The molecule has 28 N–H and O–H groups in total. The highest BCUT2D eigenvalue weighted by atomic mass is 16.5. The van der Waals surface area contributed by atoms with Crippen LogP contribution in [0.1, 0.15) is 161 Å². The summed E-state index contributed by atoms with van der Waals surface area (Å²) in [5.74, 6) is -8.74. The minimum Gasteiger partial charge on any atom is -0.379 e. The Bertz CT molecular complexity index is 2330. The third-order valence-electron chi connectivity index (χ3n) is 14.0. The van der Waals surface area contributed by atoms with Crippen molar-refractivity contribution in [3.05, 3.63) is 0 Å². The number of hydrogen-bond acceptors (Lipinski definition) is 17. The number of guanidine groups is 4. The van der Waals surface area contributed by atoms with Gasteiger partial charge in [0.25, 0.3) is 0 Å². The zero-order valence-corrected chi connectivity index (χ0v) is 52.5. The second-order valence-corrected chi connectivity index (χ2v) is 21.8. The first-order chi connectivity index (χ1) is 43.0. The number of nitrogens with one attached hydrogen (secondary N) is 8. The van der Waals surface area contributed by atoms with Crippen molar-refractivity contribution in [1.29, 1.82) is 0 Å². The number of primary amides is 1. The van der Waals surface area contributed by atoms with E-state index in [2.05, 4.69) is 69.4 Å². The molecule has 0 aromatic heterocycles. The topological polar surface area (TPSA) is 595 Å². The highest BCUT2D eigenvalue weighted by molar-refractivity contribution is 5.99. The van der Waals surface area contributed by atoms with Gasteiger partial charge >= 0.3 is 0 Å². The van der Waals surface area contributed by atoms with Gasteiger partial charge in [-0.15, -0.1) is 0 Å². The lowest BCUT2D eigenvalue weighted by molar-refractivity contribution is -0.137. The molecule has 1 unspecified atom stereocenters. The molecule has 0 radical (unpaired) electrons. The normalized spacial score (nSPS) is 18.7. The van der Waals surface area contributed by atoms with Crippen molar-refractivity contribution in [2.75, 3.05) is 65.7 Å². The monoisotopic (exact) mass is 1280 g/mol. The molecular weight excluding hydrogens is 1170 g/mol. The molecule has 34 heteroatoms. The lowest BCUT2D eigenvalue weighted by Crippen LogP contribution is -2.61. The Morgan fingerprint density at radius 1 is 0.444 bits per heavy atom. The van der Waals surface area contributed by atoms with Gasteiger partial charge in [-0.2, -0.15) is 0 Å². The molecule has 1 heterocycles. The van der Waals surface area contributed by atoms with Crippen molar-refractivity contribution in [3.63, 3.8) is 0 Å². The first-order valence-electron chi connectivity index (χ1n) is 31.2. The molecule has 0 saturated carbocycles. The van der Waals surface area contributed by atoms with Gasteiger partial charge in [-0.05, 0) is 96.4 Å². The number of carbonyl (C=O) groups is 10. The van der Waals surface area contributed by atoms with Crippen LogP contribution in [-0.2, 0) is 57.4 Å². The molecule has 9 amide bonds. The third kappa shape index (κ3) is 39.7. The van der Waals surface area contributed by atoms with Crippen LogP contribution in [0, 0.1) is 0 Å². The van der Waals surface area contributed by atoms with E-state index in [1.54, 1.807) is 0 Å². The third-order valence-corrected chi connectivity index (χ3v) is 14.0. The molecule has 0 spiro atoms. The number of unbranched alkanes of at least 4 members (excludes halogenated alkanes) is 8. The Kier molecular flexibility index (Phi) is 43.3. The first-order valence-corrected chi connectivity index (χ1v) is 31.2. The number of nitrogens with two attached hydrogens (primary N) is 10. The van der Waals surface area contributed by atoms with Gasteiger partial charge in [-0.1, -0.05) is 51.9 Å². The summed E-state index contributed by atoms with van der Waals surface area (Å²) in [6.07, 6.45) is 8.37. The summed E-state index contributed by atoms with van der Waals surface area (Å²) in [5.41, 5.74) is 55.4. The molecule has 1 rings (SSSR count). The van der Waals surface area contributed by atoms with Gasteiger partial charge in [0.2, 0.25) is 53.2 Å². The summed E-state index contributed by atoms with van der Waals surface area (Å²) in [7, 11) is 0. The summed E-state index contributed by atoms with van der Waals surface area (Å²) in [4.78, 5) is 155. The summed E-state index contributed by atoms with van der Waals surface area (Å²) < 4.78 is 11.0. The van der Waals surface area contributed by atoms with E-state index in [1.165, 1.54) is 0 Å². The lowest BCUT2D eigenvalue weighted by atomic mass is 10.0. The highest BCUT2D eigenvalue weighted by Gasteiger charge is 2.36. The van der Waals surface area contributed by atoms with E-state index in [9.17, 15) is 47.9 Å². The number of ether oxygens (including phenoxy) is 2. The number of hydrogen-bond donors (Lipinski definition) is 18. The predicted octanol–water partition coefficient (Wildman–Crippen LogP) is -4.97. The molecular formula is C56H106N22O12. The molecule has 1 fully saturated rings. The Morgan fingerprint density at radius 3 is 1.24 bits per heavy atom. The zero-order valence-electron chi connectivity index (χ0n) is 52.5. The van der Waals surface area contributed by atoms with Gasteiger partial charge in [0.15, 0.2) is 23.8 Å². The summed E-state index contributed by atoms with van der Waals surface area (Å²) >= 11 is 0. The number of carbonyl (C=O) groups excluding carboxylic acids is 10. The van der Waals surface area contributed by atoms with E-state index >= 15 is 0 Å². The second kappa shape index (κ2) is 48.7. The van der Waals surface area contributed by atoms with Crippen molar-refractivity contribution in [3.8, 4) is 0 Å². The lowest BCUT2D eigenvalue weighted by Gasteiger charge is -2.29. The number of nitrogens with zero attached hydrogens (tertiary/aromatic N) is 4. The fourth-order valence-corrected chi connectivity index (χ4v) is 9.15. The SMILES string of the molecule is CCCCCCCCCCNC(=O)C[C@@H]1NC(=O)[C@H](CCC(=O)CCCOCCOCC(=O)NC(CCCCN)C(N)=O)NC(=O)[C@H](CCCN=C(N)N)NC(=O)[C@H](CCCN=C(N)N)NC(=O)[C@H](CCCN=C(N)N)NC(=O)[C@H](CCCN=C(N)N)NC1=O. The van der Waals surface area contributed by atoms with Crippen LogP contribution in [0.25, 0.3) is 0 Å². The average Bonchev–Trinajstić information content (AvgIpc) is 2.07. The van der Waals surface area contributed by atoms with E-state index in [0.717, 1.165) is 44.9 Å². The predicted molar refractivity (Wildman–Crippen MR) is 341 cm³/mol. The van der Waals surface area contributed by atoms with Gasteiger partial charge in [0, 0.05) is 52.2 Å². The van der Waals surface area contributed by atoms with Gasteiger partial charge in [-0.3, -0.25) is 67.9 Å². The van der Waals surface area contributed by atoms with Crippen molar-refractivity contribution in [1.82, 2.24) is 42.5 Å². The highest BCUT2D eigenvalue weighted by Crippen LogP contribution is 2.13. The molecule has 0 bridgehead atoms.